The van der Waals surface area contributed by atoms with Gasteiger partial charge in [-0.05, 0) is 44.4 Å². The first-order chi connectivity index (χ1) is 12.6. The Morgan fingerprint density at radius 1 is 1.27 bits per heavy atom. The Bertz CT molecular complexity index is 929. The van der Waals surface area contributed by atoms with Gasteiger partial charge < -0.3 is 14.0 Å². The minimum atomic E-state index is -0.197. The van der Waals surface area contributed by atoms with Crippen LogP contribution >= 0.6 is 0 Å². The Kier molecular flexibility index (Phi) is 4.64. The Morgan fingerprint density at radius 3 is 2.88 bits per heavy atom. The van der Waals surface area contributed by atoms with Crippen molar-refractivity contribution in [1.82, 2.24) is 9.55 Å². The summed E-state index contributed by atoms with van der Waals surface area (Å²) in [7, 11) is 0. The topological polar surface area (TPSA) is 36.3 Å². The lowest BCUT2D eigenvalue weighted by atomic mass is 10.2. The summed E-state index contributed by atoms with van der Waals surface area (Å²) < 4.78 is 28.0. The first kappa shape index (κ1) is 17.0. The molecule has 0 amide bonds. The molecule has 4 rings (SSSR count). The zero-order chi connectivity index (χ0) is 18.1. The summed E-state index contributed by atoms with van der Waals surface area (Å²) in [6.07, 6.45) is 3.99. The first-order valence-corrected chi connectivity index (χ1v) is 9.07. The normalized spacial score (nSPS) is 17.1. The van der Waals surface area contributed by atoms with Crippen molar-refractivity contribution in [2.24, 2.45) is 0 Å². The van der Waals surface area contributed by atoms with E-state index in [0.29, 0.717) is 24.6 Å². The Balaban J connectivity index is 1.73. The lowest BCUT2D eigenvalue weighted by Gasteiger charge is -2.14. The predicted octanol–water partition coefficient (Wildman–Crippen LogP) is 4.40. The number of fused-ring (bicyclic) bond motifs is 1. The number of hydrogen-bond acceptors (Lipinski definition) is 3. The number of halogens is 1. The third kappa shape index (κ3) is 3.07. The van der Waals surface area contributed by atoms with E-state index >= 15 is 0 Å². The highest BCUT2D eigenvalue weighted by Gasteiger charge is 2.20. The van der Waals surface area contributed by atoms with Gasteiger partial charge >= 0.3 is 0 Å². The van der Waals surface area contributed by atoms with Crippen LogP contribution in [-0.4, -0.2) is 28.9 Å². The van der Waals surface area contributed by atoms with Crippen LogP contribution in [0.3, 0.4) is 0 Å². The number of aromatic nitrogens is 2. The van der Waals surface area contributed by atoms with E-state index in [1.165, 1.54) is 11.6 Å². The van der Waals surface area contributed by atoms with Gasteiger partial charge in [0.15, 0.2) is 0 Å². The van der Waals surface area contributed by atoms with E-state index in [0.717, 1.165) is 36.0 Å². The minimum absolute atomic E-state index is 0.129. The number of benzene rings is 1. The molecule has 5 heteroatoms. The highest BCUT2D eigenvalue weighted by molar-refractivity contribution is 5.89. The maximum absolute atomic E-state index is 14.2. The summed E-state index contributed by atoms with van der Waals surface area (Å²) in [4.78, 5) is 4.45. The molecule has 1 unspecified atom stereocenters. The summed E-state index contributed by atoms with van der Waals surface area (Å²) in [5, 5.41) is 1.09. The summed E-state index contributed by atoms with van der Waals surface area (Å²) in [6.45, 7) is 5.88. The van der Waals surface area contributed by atoms with Crippen molar-refractivity contribution in [2.75, 3.05) is 13.2 Å². The molecule has 1 saturated heterocycles. The molecule has 1 aliphatic rings. The van der Waals surface area contributed by atoms with Crippen molar-refractivity contribution >= 4 is 10.9 Å². The van der Waals surface area contributed by atoms with Crippen LogP contribution in [0.1, 0.15) is 29.7 Å². The molecule has 0 bridgehead atoms. The molecule has 0 N–H and O–H groups in total. The molecule has 4 nitrogen and oxygen atoms in total. The maximum Gasteiger partial charge on any atom is 0.238 e. The van der Waals surface area contributed by atoms with Gasteiger partial charge in [0.2, 0.25) is 5.88 Å². The fourth-order valence-corrected chi connectivity index (χ4v) is 3.61. The van der Waals surface area contributed by atoms with Gasteiger partial charge in [-0.2, -0.15) is 0 Å². The largest absolute Gasteiger partial charge is 0.473 e. The van der Waals surface area contributed by atoms with Gasteiger partial charge in [0.25, 0.3) is 0 Å². The zero-order valence-corrected chi connectivity index (χ0v) is 15.2. The fraction of sp³-hybridized carbons (Fsp3) is 0.381. The van der Waals surface area contributed by atoms with Crippen LogP contribution in [0.2, 0.25) is 0 Å². The summed E-state index contributed by atoms with van der Waals surface area (Å²) in [5.41, 5.74) is 3.84. The van der Waals surface area contributed by atoms with E-state index in [2.05, 4.69) is 23.4 Å². The third-order valence-corrected chi connectivity index (χ3v) is 5.23. The van der Waals surface area contributed by atoms with Gasteiger partial charge in [0.1, 0.15) is 17.9 Å². The average Bonchev–Trinajstić information content (AvgIpc) is 3.25. The number of nitrogens with zero attached hydrogens (tertiary/aromatic N) is 2. The quantitative estimate of drug-likeness (QED) is 0.681. The maximum atomic E-state index is 14.2. The molecule has 2 aromatic heterocycles. The van der Waals surface area contributed by atoms with Crippen molar-refractivity contribution in [1.29, 1.82) is 0 Å². The number of rotatable bonds is 5. The Labute approximate surface area is 152 Å². The molecule has 0 aliphatic carbocycles. The van der Waals surface area contributed by atoms with E-state index in [9.17, 15) is 4.39 Å². The molecular weight excluding hydrogens is 331 g/mol. The molecule has 0 radical (unpaired) electrons. The van der Waals surface area contributed by atoms with Crippen molar-refractivity contribution in [2.45, 2.75) is 39.3 Å². The van der Waals surface area contributed by atoms with E-state index in [4.69, 9.17) is 9.47 Å². The smallest absolute Gasteiger partial charge is 0.238 e. The van der Waals surface area contributed by atoms with Crippen molar-refractivity contribution in [3.05, 3.63) is 59.2 Å². The van der Waals surface area contributed by atoms with E-state index in [1.807, 2.05) is 18.2 Å². The molecule has 1 aliphatic heterocycles. The highest BCUT2D eigenvalue weighted by Crippen LogP contribution is 2.32. The predicted molar refractivity (Wildman–Crippen MR) is 99.2 cm³/mol. The van der Waals surface area contributed by atoms with Crippen LogP contribution < -0.4 is 4.74 Å². The van der Waals surface area contributed by atoms with Crippen LogP contribution in [0.25, 0.3) is 10.9 Å². The van der Waals surface area contributed by atoms with Crippen molar-refractivity contribution in [3.63, 3.8) is 0 Å². The van der Waals surface area contributed by atoms with E-state index < -0.39 is 0 Å². The molecule has 3 aromatic rings. The highest BCUT2D eigenvalue weighted by atomic mass is 19.1. The molecule has 0 saturated carbocycles. The van der Waals surface area contributed by atoms with E-state index in [1.54, 1.807) is 12.3 Å². The Hall–Kier alpha value is -2.40. The SMILES string of the molecule is Cc1c(C)n(Cc2ccccc2F)c2c(OCC3CCCO3)nccc12. The number of pyridine rings is 1. The van der Waals surface area contributed by atoms with Crippen LogP contribution in [0.5, 0.6) is 5.88 Å². The second-order valence-corrected chi connectivity index (χ2v) is 6.85. The lowest BCUT2D eigenvalue weighted by Crippen LogP contribution is -2.17. The van der Waals surface area contributed by atoms with E-state index in [-0.39, 0.29) is 11.9 Å². The molecule has 0 spiro atoms. The summed E-state index contributed by atoms with van der Waals surface area (Å²) >= 11 is 0. The zero-order valence-electron chi connectivity index (χ0n) is 15.2. The van der Waals surface area contributed by atoms with Gasteiger partial charge in [-0.25, -0.2) is 9.37 Å². The summed E-state index contributed by atoms with van der Waals surface area (Å²) in [6, 6.07) is 8.88. The van der Waals surface area contributed by atoms with Crippen LogP contribution in [-0.2, 0) is 11.3 Å². The van der Waals surface area contributed by atoms with Gasteiger partial charge in [-0.3, -0.25) is 0 Å². The van der Waals surface area contributed by atoms with Crippen LogP contribution in [0.15, 0.2) is 36.5 Å². The number of hydrogen-bond donors (Lipinski definition) is 0. The Morgan fingerprint density at radius 2 is 2.12 bits per heavy atom. The fourth-order valence-electron chi connectivity index (χ4n) is 3.61. The minimum Gasteiger partial charge on any atom is -0.473 e. The molecule has 26 heavy (non-hydrogen) atoms. The second kappa shape index (κ2) is 7.08. The first-order valence-electron chi connectivity index (χ1n) is 9.07. The molecule has 136 valence electrons. The molecule has 1 aromatic carbocycles. The molecular formula is C21H23FN2O2. The van der Waals surface area contributed by atoms with Gasteiger partial charge in [-0.1, -0.05) is 18.2 Å². The van der Waals surface area contributed by atoms with Gasteiger partial charge in [0, 0.05) is 29.4 Å². The lowest BCUT2D eigenvalue weighted by molar-refractivity contribution is 0.0668. The molecule has 1 fully saturated rings. The number of ether oxygens (including phenoxy) is 2. The van der Waals surface area contributed by atoms with Crippen molar-refractivity contribution < 1.29 is 13.9 Å². The molecule has 1 atom stereocenters. The standard InChI is InChI=1S/C21H23FN2O2/c1-14-15(2)24(12-16-6-3-4-8-19(16)22)20-18(14)9-10-23-21(20)26-13-17-7-5-11-25-17/h3-4,6,8-10,17H,5,7,11-13H2,1-2H3. The van der Waals surface area contributed by atoms with Crippen molar-refractivity contribution in [3.8, 4) is 5.88 Å². The molecule has 3 heterocycles. The average molecular weight is 354 g/mol. The second-order valence-electron chi connectivity index (χ2n) is 6.85. The van der Waals surface area contributed by atoms with Gasteiger partial charge in [0.05, 0.1) is 12.6 Å². The third-order valence-electron chi connectivity index (χ3n) is 5.23. The van der Waals surface area contributed by atoms with Crippen LogP contribution in [0, 0.1) is 19.7 Å². The number of aryl methyl sites for hydroxylation is 1. The van der Waals surface area contributed by atoms with Gasteiger partial charge in [-0.15, -0.1) is 0 Å². The monoisotopic (exact) mass is 354 g/mol. The van der Waals surface area contributed by atoms with Crippen LogP contribution in [0.4, 0.5) is 4.39 Å². The summed E-state index contributed by atoms with van der Waals surface area (Å²) in [5.74, 6) is 0.391.